The van der Waals surface area contributed by atoms with Crippen LogP contribution in [0.3, 0.4) is 0 Å². The van der Waals surface area contributed by atoms with Gasteiger partial charge in [0.1, 0.15) is 5.58 Å². The predicted octanol–water partition coefficient (Wildman–Crippen LogP) is 6.92. The van der Waals surface area contributed by atoms with Gasteiger partial charge in [0.15, 0.2) is 5.76 Å². The second-order valence-electron chi connectivity index (χ2n) is 6.69. The molecule has 4 aromatic rings. The molecule has 0 aliphatic rings. The summed E-state index contributed by atoms with van der Waals surface area (Å²) >= 11 is 11.7. The number of benzene rings is 3. The Morgan fingerprint density at radius 1 is 0.800 bits per heavy atom. The molecule has 0 bridgehead atoms. The second kappa shape index (κ2) is 8.22. The van der Waals surface area contributed by atoms with Gasteiger partial charge in [-0.25, -0.2) is 4.79 Å². The number of furan rings is 1. The van der Waals surface area contributed by atoms with Gasteiger partial charge < -0.3 is 15.1 Å². The van der Waals surface area contributed by atoms with Crippen molar-refractivity contribution in [2.75, 3.05) is 10.6 Å². The number of carbonyl (C=O) groups excluding carboxylic acids is 2. The van der Waals surface area contributed by atoms with E-state index in [4.69, 9.17) is 27.6 Å². The van der Waals surface area contributed by atoms with E-state index >= 15 is 0 Å². The number of aryl methyl sites for hydroxylation is 1. The Balaban J connectivity index is 1.55. The van der Waals surface area contributed by atoms with E-state index in [9.17, 15) is 9.59 Å². The zero-order valence-electron chi connectivity index (χ0n) is 15.8. The molecular formula is C23H16Cl2N2O3. The first-order chi connectivity index (χ1) is 14.4. The van der Waals surface area contributed by atoms with Gasteiger partial charge in [-0.15, -0.1) is 0 Å². The lowest BCUT2D eigenvalue weighted by Crippen LogP contribution is -2.19. The minimum absolute atomic E-state index is 0.227. The fourth-order valence-electron chi connectivity index (χ4n) is 3.08. The molecule has 1 heterocycles. The summed E-state index contributed by atoms with van der Waals surface area (Å²) < 4.78 is 5.83. The van der Waals surface area contributed by atoms with E-state index in [2.05, 4.69) is 10.6 Å². The van der Waals surface area contributed by atoms with Crippen molar-refractivity contribution in [3.05, 3.63) is 93.7 Å². The fourth-order valence-corrected chi connectivity index (χ4v) is 3.33. The number of urea groups is 1. The molecule has 30 heavy (non-hydrogen) atoms. The van der Waals surface area contributed by atoms with Crippen LogP contribution in [0.25, 0.3) is 11.0 Å². The molecule has 0 saturated heterocycles. The Labute approximate surface area is 182 Å². The lowest BCUT2D eigenvalue weighted by atomic mass is 10.0. The molecule has 150 valence electrons. The molecule has 3 aromatic carbocycles. The number of fused-ring (bicyclic) bond motifs is 1. The van der Waals surface area contributed by atoms with Gasteiger partial charge in [0.2, 0.25) is 5.78 Å². The fraction of sp³-hybridized carbons (Fsp3) is 0.0435. The van der Waals surface area contributed by atoms with Crippen molar-refractivity contribution < 1.29 is 14.0 Å². The number of anilines is 2. The zero-order chi connectivity index (χ0) is 21.3. The van der Waals surface area contributed by atoms with Crippen molar-refractivity contribution in [2.24, 2.45) is 0 Å². The summed E-state index contributed by atoms with van der Waals surface area (Å²) in [6.07, 6.45) is 0. The molecule has 0 aliphatic carbocycles. The smallest absolute Gasteiger partial charge is 0.323 e. The highest BCUT2D eigenvalue weighted by Crippen LogP contribution is 2.29. The number of amides is 2. The number of hydrogen-bond donors (Lipinski definition) is 2. The molecule has 0 saturated carbocycles. The number of hydrogen-bond acceptors (Lipinski definition) is 3. The Morgan fingerprint density at radius 2 is 1.37 bits per heavy atom. The third-order valence-corrected chi connectivity index (χ3v) is 5.11. The molecule has 0 aliphatic heterocycles. The molecule has 0 unspecified atom stereocenters. The molecule has 0 atom stereocenters. The van der Waals surface area contributed by atoms with E-state index in [1.54, 1.807) is 60.7 Å². The molecule has 0 fully saturated rings. The first-order valence-electron chi connectivity index (χ1n) is 9.08. The first-order valence-corrected chi connectivity index (χ1v) is 9.83. The summed E-state index contributed by atoms with van der Waals surface area (Å²) in [5, 5.41) is 7.42. The van der Waals surface area contributed by atoms with E-state index in [-0.39, 0.29) is 11.5 Å². The van der Waals surface area contributed by atoms with E-state index in [0.717, 1.165) is 10.9 Å². The lowest BCUT2D eigenvalue weighted by Gasteiger charge is -2.07. The normalized spacial score (nSPS) is 10.8. The molecule has 1 aromatic heterocycles. The van der Waals surface area contributed by atoms with Gasteiger partial charge in [-0.3, -0.25) is 4.79 Å². The van der Waals surface area contributed by atoms with Crippen molar-refractivity contribution in [3.8, 4) is 0 Å². The largest absolute Gasteiger partial charge is 0.452 e. The molecule has 0 radical (unpaired) electrons. The summed E-state index contributed by atoms with van der Waals surface area (Å²) in [4.78, 5) is 25.1. The summed E-state index contributed by atoms with van der Waals surface area (Å²) in [5.74, 6) is 0.0328. The Morgan fingerprint density at radius 3 is 2.03 bits per heavy atom. The molecule has 7 heteroatoms. The minimum atomic E-state index is -0.405. The summed E-state index contributed by atoms with van der Waals surface area (Å²) in [6, 6.07) is 18.3. The van der Waals surface area contributed by atoms with Crippen LogP contribution in [0.15, 0.2) is 71.1 Å². The summed E-state index contributed by atoms with van der Waals surface area (Å²) in [6.45, 7) is 1.83. The minimum Gasteiger partial charge on any atom is -0.452 e. The highest BCUT2D eigenvalue weighted by Gasteiger charge is 2.19. The number of nitrogens with one attached hydrogen (secondary N) is 2. The van der Waals surface area contributed by atoms with Gasteiger partial charge in [0, 0.05) is 44.0 Å². The average molecular weight is 439 g/mol. The number of ketones is 1. The Bertz CT molecular complexity index is 1250. The van der Waals surface area contributed by atoms with Gasteiger partial charge in [-0.1, -0.05) is 23.2 Å². The highest BCUT2D eigenvalue weighted by atomic mass is 35.5. The van der Waals surface area contributed by atoms with Gasteiger partial charge >= 0.3 is 6.03 Å². The number of halogens is 2. The third kappa shape index (κ3) is 4.17. The predicted molar refractivity (Wildman–Crippen MR) is 120 cm³/mol. The second-order valence-corrected chi connectivity index (χ2v) is 7.56. The van der Waals surface area contributed by atoms with Gasteiger partial charge in [-0.05, 0) is 67.6 Å². The third-order valence-electron chi connectivity index (χ3n) is 4.61. The van der Waals surface area contributed by atoms with Crippen molar-refractivity contribution in [2.45, 2.75) is 6.92 Å². The Kier molecular flexibility index (Phi) is 5.48. The Hall–Kier alpha value is -3.28. The van der Waals surface area contributed by atoms with Crippen LogP contribution in [0.4, 0.5) is 16.2 Å². The average Bonchev–Trinajstić information content (AvgIpc) is 3.05. The van der Waals surface area contributed by atoms with Crippen LogP contribution in [-0.2, 0) is 0 Å². The van der Waals surface area contributed by atoms with Crippen LogP contribution in [0.2, 0.25) is 10.0 Å². The maximum atomic E-state index is 12.8. The molecule has 0 spiro atoms. The summed E-state index contributed by atoms with van der Waals surface area (Å²) in [5.41, 5.74) is 2.88. The number of rotatable bonds is 4. The molecular weight excluding hydrogens is 423 g/mol. The van der Waals surface area contributed by atoms with Gasteiger partial charge in [-0.2, -0.15) is 0 Å². The molecule has 2 N–H and O–H groups in total. The molecule has 2 amide bonds. The standard InChI is InChI=1S/C23H16Cl2N2O3/c1-13-19-11-10-18(27-23(29)26-17-8-6-16(25)7-9-17)12-20(19)30-22(13)21(28)14-2-4-15(24)5-3-14/h2-12H,1H3,(H2,26,27,29). The maximum absolute atomic E-state index is 12.8. The van der Waals surface area contributed by atoms with Crippen molar-refractivity contribution >= 4 is 57.4 Å². The summed E-state index contributed by atoms with van der Waals surface area (Å²) in [7, 11) is 0. The molecule has 4 rings (SSSR count). The first kappa shape index (κ1) is 20.0. The lowest BCUT2D eigenvalue weighted by molar-refractivity contribution is 0.101. The van der Waals surface area contributed by atoms with Crippen LogP contribution in [0.5, 0.6) is 0 Å². The van der Waals surface area contributed by atoms with Crippen molar-refractivity contribution in [1.82, 2.24) is 0 Å². The van der Waals surface area contributed by atoms with Crippen molar-refractivity contribution in [1.29, 1.82) is 0 Å². The van der Waals surface area contributed by atoms with E-state index in [0.29, 0.717) is 32.6 Å². The van der Waals surface area contributed by atoms with Crippen LogP contribution >= 0.6 is 23.2 Å². The monoisotopic (exact) mass is 438 g/mol. The van der Waals surface area contributed by atoms with E-state index in [1.165, 1.54) is 0 Å². The quantitative estimate of drug-likeness (QED) is 0.339. The van der Waals surface area contributed by atoms with Gasteiger partial charge in [0.05, 0.1) is 0 Å². The van der Waals surface area contributed by atoms with Crippen LogP contribution in [0, 0.1) is 6.92 Å². The van der Waals surface area contributed by atoms with Crippen molar-refractivity contribution in [3.63, 3.8) is 0 Å². The van der Waals surface area contributed by atoms with E-state index in [1.807, 2.05) is 13.0 Å². The molecule has 5 nitrogen and oxygen atoms in total. The zero-order valence-corrected chi connectivity index (χ0v) is 17.3. The highest BCUT2D eigenvalue weighted by molar-refractivity contribution is 6.31. The van der Waals surface area contributed by atoms with Crippen LogP contribution in [-0.4, -0.2) is 11.8 Å². The maximum Gasteiger partial charge on any atom is 0.323 e. The SMILES string of the molecule is Cc1c(C(=O)c2ccc(Cl)cc2)oc2cc(NC(=O)Nc3ccc(Cl)cc3)ccc12. The topological polar surface area (TPSA) is 71.3 Å². The van der Waals surface area contributed by atoms with Crippen LogP contribution in [0.1, 0.15) is 21.7 Å². The van der Waals surface area contributed by atoms with E-state index < -0.39 is 6.03 Å². The van der Waals surface area contributed by atoms with Gasteiger partial charge in [0.25, 0.3) is 0 Å². The van der Waals surface area contributed by atoms with Crippen LogP contribution < -0.4 is 10.6 Å². The number of carbonyl (C=O) groups is 2.